The summed E-state index contributed by atoms with van der Waals surface area (Å²) in [6.45, 7) is 9.91. The maximum atomic E-state index is 12.6. The number of carbonyl (C=O) groups is 1. The molecule has 0 saturated heterocycles. The Morgan fingerprint density at radius 3 is 2.65 bits per heavy atom. The molecule has 0 aliphatic rings. The molecule has 1 aromatic heterocycles. The minimum Gasteiger partial charge on any atom is -0.489 e. The van der Waals surface area contributed by atoms with Gasteiger partial charge in [0.25, 0.3) is 0 Å². The van der Waals surface area contributed by atoms with Crippen LogP contribution in [0.15, 0.2) is 69.9 Å². The number of fused-ring (bicyclic) bond motifs is 1. The number of rotatable bonds is 9. The van der Waals surface area contributed by atoms with Gasteiger partial charge in [-0.3, -0.25) is 4.79 Å². The van der Waals surface area contributed by atoms with Crippen molar-refractivity contribution in [1.29, 1.82) is 0 Å². The van der Waals surface area contributed by atoms with Gasteiger partial charge in [0.05, 0.1) is 12.0 Å². The molecule has 5 heteroatoms. The molecule has 0 unspecified atom stereocenters. The topological polar surface area (TPSA) is 68.5 Å². The minimum absolute atomic E-state index is 0.00626. The number of carbonyl (C=O) groups excluding carboxylic acids is 1. The molecule has 1 amide bonds. The Bertz CT molecular complexity index is 1130. The van der Waals surface area contributed by atoms with Crippen LogP contribution in [0, 0.1) is 6.92 Å². The van der Waals surface area contributed by atoms with E-state index < -0.39 is 5.63 Å². The van der Waals surface area contributed by atoms with E-state index in [-0.39, 0.29) is 18.4 Å². The summed E-state index contributed by atoms with van der Waals surface area (Å²) in [4.78, 5) is 25.1. The van der Waals surface area contributed by atoms with Crippen LogP contribution >= 0.6 is 0 Å². The normalized spacial score (nSPS) is 11.8. The first-order valence-corrected chi connectivity index (χ1v) is 10.5. The van der Waals surface area contributed by atoms with E-state index in [2.05, 4.69) is 24.0 Å². The monoisotopic (exact) mass is 419 g/mol. The summed E-state index contributed by atoms with van der Waals surface area (Å²) in [5.41, 5.74) is 3.23. The Morgan fingerprint density at radius 2 is 1.94 bits per heavy atom. The minimum atomic E-state index is -0.492. The smallest absolute Gasteiger partial charge is 0.340 e. The van der Waals surface area contributed by atoms with Crippen LogP contribution in [0.1, 0.15) is 37.0 Å². The number of ether oxygens (including phenoxy) is 1. The van der Waals surface area contributed by atoms with Crippen LogP contribution in [0.5, 0.6) is 5.75 Å². The molecule has 0 aliphatic carbocycles. The number of hydrogen-bond donors (Lipinski definition) is 1. The lowest BCUT2D eigenvalue weighted by Crippen LogP contribution is -2.35. The average molecular weight is 420 g/mol. The van der Waals surface area contributed by atoms with E-state index in [1.54, 1.807) is 6.07 Å². The van der Waals surface area contributed by atoms with Gasteiger partial charge in [-0.05, 0) is 62.4 Å². The molecule has 0 radical (unpaired) electrons. The first kappa shape index (κ1) is 22.3. The molecular formula is C26H29NO4. The number of aryl methyl sites for hydroxylation is 2. The van der Waals surface area contributed by atoms with Crippen LogP contribution < -0.4 is 15.7 Å². The highest BCUT2D eigenvalue weighted by Gasteiger charge is 2.16. The molecule has 162 valence electrons. The van der Waals surface area contributed by atoms with Crippen molar-refractivity contribution in [3.05, 3.63) is 87.8 Å². The largest absolute Gasteiger partial charge is 0.489 e. The third kappa shape index (κ3) is 6.07. The molecular weight excluding hydrogens is 390 g/mol. The summed E-state index contributed by atoms with van der Waals surface area (Å²) in [6, 6.07) is 15.5. The summed E-state index contributed by atoms with van der Waals surface area (Å²) in [5.74, 6) is 0.424. The summed E-state index contributed by atoms with van der Waals surface area (Å²) in [6.07, 6.45) is 1.71. The highest BCUT2D eigenvalue weighted by atomic mass is 16.5. The number of benzene rings is 2. The molecule has 0 spiro atoms. The zero-order chi connectivity index (χ0) is 22.4. The second-order valence-corrected chi connectivity index (χ2v) is 8.07. The van der Waals surface area contributed by atoms with E-state index in [1.807, 2.05) is 51.1 Å². The van der Waals surface area contributed by atoms with E-state index in [0.717, 1.165) is 29.4 Å². The standard InChI is InChI=1S/C26H29NO4/c1-17(2)16-30-21-12-13-22-19(4)23(26(29)31-24(22)14-21)15-25(28)27-18(3)10-11-20-8-6-5-7-9-20/h5-9,12-14,18H,1,10-11,15-16H2,2-4H3,(H,27,28)/t18-/m0/s1. The van der Waals surface area contributed by atoms with Gasteiger partial charge >= 0.3 is 5.63 Å². The molecule has 0 fully saturated rings. The van der Waals surface area contributed by atoms with Gasteiger partial charge < -0.3 is 14.5 Å². The molecule has 0 saturated carbocycles. The highest BCUT2D eigenvalue weighted by molar-refractivity contribution is 5.85. The van der Waals surface area contributed by atoms with E-state index in [1.165, 1.54) is 5.56 Å². The Kier molecular flexibility index (Phi) is 7.29. The van der Waals surface area contributed by atoms with Crippen LogP contribution in [0.4, 0.5) is 0 Å². The van der Waals surface area contributed by atoms with E-state index in [0.29, 0.717) is 23.5 Å². The van der Waals surface area contributed by atoms with Crippen LogP contribution in [-0.2, 0) is 17.6 Å². The van der Waals surface area contributed by atoms with Crippen molar-refractivity contribution in [2.75, 3.05) is 6.61 Å². The maximum absolute atomic E-state index is 12.6. The van der Waals surface area contributed by atoms with E-state index >= 15 is 0 Å². The summed E-state index contributed by atoms with van der Waals surface area (Å²) >= 11 is 0. The zero-order valence-corrected chi connectivity index (χ0v) is 18.4. The molecule has 5 nitrogen and oxygen atoms in total. The molecule has 3 aromatic rings. The molecule has 1 heterocycles. The van der Waals surface area contributed by atoms with Crippen molar-refractivity contribution < 1.29 is 13.9 Å². The lowest BCUT2D eigenvalue weighted by Gasteiger charge is -2.15. The van der Waals surface area contributed by atoms with Crippen molar-refractivity contribution in [3.63, 3.8) is 0 Å². The van der Waals surface area contributed by atoms with Crippen molar-refractivity contribution >= 4 is 16.9 Å². The van der Waals surface area contributed by atoms with Crippen molar-refractivity contribution in [2.45, 2.75) is 46.1 Å². The summed E-state index contributed by atoms with van der Waals surface area (Å²) in [7, 11) is 0. The molecule has 1 atom stereocenters. The van der Waals surface area contributed by atoms with Crippen LogP contribution in [0.25, 0.3) is 11.0 Å². The predicted molar refractivity (Wildman–Crippen MR) is 124 cm³/mol. The first-order valence-electron chi connectivity index (χ1n) is 10.5. The second-order valence-electron chi connectivity index (χ2n) is 8.07. The van der Waals surface area contributed by atoms with Gasteiger partial charge in [0.1, 0.15) is 17.9 Å². The third-order valence-electron chi connectivity index (χ3n) is 5.20. The van der Waals surface area contributed by atoms with Crippen molar-refractivity contribution in [1.82, 2.24) is 5.32 Å². The Balaban J connectivity index is 1.67. The third-order valence-corrected chi connectivity index (χ3v) is 5.20. The maximum Gasteiger partial charge on any atom is 0.340 e. The van der Waals surface area contributed by atoms with Crippen LogP contribution in [-0.4, -0.2) is 18.6 Å². The molecule has 2 aromatic carbocycles. The van der Waals surface area contributed by atoms with Crippen LogP contribution in [0.3, 0.4) is 0 Å². The molecule has 0 bridgehead atoms. The number of hydrogen-bond acceptors (Lipinski definition) is 4. The van der Waals surface area contributed by atoms with Gasteiger partial charge in [-0.25, -0.2) is 4.79 Å². The van der Waals surface area contributed by atoms with Gasteiger partial charge in [0.2, 0.25) is 5.91 Å². The Hall–Kier alpha value is -3.34. The Labute approximate surface area is 182 Å². The molecule has 1 N–H and O–H groups in total. The van der Waals surface area contributed by atoms with Gasteiger partial charge in [-0.1, -0.05) is 36.9 Å². The van der Waals surface area contributed by atoms with Crippen molar-refractivity contribution in [2.24, 2.45) is 0 Å². The lowest BCUT2D eigenvalue weighted by atomic mass is 10.0. The zero-order valence-electron chi connectivity index (χ0n) is 18.4. The van der Waals surface area contributed by atoms with Crippen molar-refractivity contribution in [3.8, 4) is 5.75 Å². The van der Waals surface area contributed by atoms with Gasteiger partial charge in [-0.15, -0.1) is 0 Å². The fraction of sp³-hybridized carbons (Fsp3) is 0.308. The molecule has 31 heavy (non-hydrogen) atoms. The summed E-state index contributed by atoms with van der Waals surface area (Å²) < 4.78 is 11.1. The molecule has 0 aliphatic heterocycles. The SMILES string of the molecule is C=C(C)COc1ccc2c(C)c(CC(=O)N[C@@H](C)CCc3ccccc3)c(=O)oc2c1. The Morgan fingerprint density at radius 1 is 1.19 bits per heavy atom. The number of nitrogens with one attached hydrogen (secondary N) is 1. The predicted octanol–water partition coefficient (Wildman–Crippen LogP) is 4.74. The van der Waals surface area contributed by atoms with Crippen LogP contribution in [0.2, 0.25) is 0 Å². The first-order chi connectivity index (χ1) is 14.8. The van der Waals surface area contributed by atoms with Gasteiger partial charge in [-0.2, -0.15) is 0 Å². The highest BCUT2D eigenvalue weighted by Crippen LogP contribution is 2.24. The molecule has 3 rings (SSSR count). The van der Waals surface area contributed by atoms with Gasteiger partial charge in [0.15, 0.2) is 0 Å². The second kappa shape index (κ2) is 10.1. The number of amides is 1. The fourth-order valence-electron chi connectivity index (χ4n) is 3.46. The quantitative estimate of drug-likeness (QED) is 0.402. The average Bonchev–Trinajstić information content (AvgIpc) is 2.74. The lowest BCUT2D eigenvalue weighted by molar-refractivity contribution is -0.121. The van der Waals surface area contributed by atoms with E-state index in [9.17, 15) is 9.59 Å². The fourth-order valence-corrected chi connectivity index (χ4v) is 3.46. The summed E-state index contributed by atoms with van der Waals surface area (Å²) in [5, 5.41) is 3.78. The van der Waals surface area contributed by atoms with E-state index in [4.69, 9.17) is 9.15 Å². The van der Waals surface area contributed by atoms with Gasteiger partial charge in [0, 0.05) is 17.5 Å².